The van der Waals surface area contributed by atoms with Gasteiger partial charge in [-0.25, -0.2) is 22.9 Å². The van der Waals surface area contributed by atoms with E-state index in [1.807, 2.05) is 0 Å². The largest absolute Gasteiger partial charge is 0.416 e. The Morgan fingerprint density at radius 3 is 2.71 bits per heavy atom. The summed E-state index contributed by atoms with van der Waals surface area (Å²) in [5, 5.41) is 11.0. The molecule has 1 aliphatic rings. The van der Waals surface area contributed by atoms with Crippen molar-refractivity contribution >= 4 is 39.2 Å². The predicted molar refractivity (Wildman–Crippen MR) is 153 cm³/mol. The Labute approximate surface area is 241 Å². The van der Waals surface area contributed by atoms with Crippen LogP contribution in [0, 0.1) is 11.8 Å². The van der Waals surface area contributed by atoms with Crippen LogP contribution in [0.1, 0.15) is 23.1 Å². The van der Waals surface area contributed by atoms with Crippen LogP contribution in [0.2, 0.25) is 0 Å². The number of carbonyl (C=O) groups excluding carboxylic acids is 1. The minimum atomic E-state index is -4.56. The van der Waals surface area contributed by atoms with Gasteiger partial charge in [-0.2, -0.15) is 18.2 Å². The number of carbonyl (C=O) groups is 1. The summed E-state index contributed by atoms with van der Waals surface area (Å²) in [6, 6.07) is 8.94. The molecule has 0 atom stereocenters. The van der Waals surface area contributed by atoms with Gasteiger partial charge in [0, 0.05) is 31.0 Å². The predicted octanol–water partition coefficient (Wildman–Crippen LogP) is 3.57. The summed E-state index contributed by atoms with van der Waals surface area (Å²) >= 11 is 0. The molecule has 0 aliphatic carbocycles. The zero-order chi connectivity index (χ0) is 30.3. The molecule has 5 N–H and O–H groups in total. The highest BCUT2D eigenvalue weighted by molar-refractivity contribution is 7.89. The molecule has 222 valence electrons. The number of urea groups is 1. The van der Waals surface area contributed by atoms with E-state index in [0.717, 1.165) is 12.1 Å². The number of amides is 2. The van der Waals surface area contributed by atoms with Gasteiger partial charge in [0.05, 0.1) is 28.8 Å². The Kier molecular flexibility index (Phi) is 9.51. The standard InChI is InChI=1S/C27H29F3N8O3S/c1-38(2)17-18-12-20(27(28,29)30)14-22(13-18)36-26(39)32-9-4-6-19-16-33-25-35-21-7-3-8-23(15-21)42(40,41)34-11-5-10-31-24(19)37-25/h3,7-8,12-16,34H,5,9-11,17H2,1-2H3,(H2,32,36,39)(H2,31,33,35,37). The van der Waals surface area contributed by atoms with Crippen molar-refractivity contribution in [2.75, 3.05) is 49.7 Å². The van der Waals surface area contributed by atoms with Gasteiger partial charge >= 0.3 is 12.2 Å². The minimum Gasteiger partial charge on any atom is -0.369 e. The molecule has 2 aromatic carbocycles. The van der Waals surface area contributed by atoms with E-state index in [1.54, 1.807) is 31.1 Å². The van der Waals surface area contributed by atoms with Crippen LogP contribution in [-0.2, 0) is 22.7 Å². The quantitative estimate of drug-likeness (QED) is 0.286. The number of alkyl halides is 3. The van der Waals surface area contributed by atoms with Crippen molar-refractivity contribution in [2.45, 2.75) is 24.0 Å². The molecular formula is C27H29F3N8O3S. The van der Waals surface area contributed by atoms with Crippen LogP contribution in [0.25, 0.3) is 0 Å². The number of hydrogen-bond acceptors (Lipinski definition) is 8. The SMILES string of the molecule is CN(C)Cc1cc(NC(=O)NCC#Cc2cnc3nc2NCCCNS(=O)(=O)c2cccc(c2)N3)cc(C(F)(F)F)c1. The van der Waals surface area contributed by atoms with Crippen LogP contribution in [0.3, 0.4) is 0 Å². The number of aromatic nitrogens is 2. The Hall–Kier alpha value is -4.39. The molecule has 0 saturated heterocycles. The van der Waals surface area contributed by atoms with E-state index in [4.69, 9.17) is 0 Å². The molecule has 2 heterocycles. The van der Waals surface area contributed by atoms with E-state index in [1.165, 1.54) is 24.4 Å². The fourth-order valence-electron chi connectivity index (χ4n) is 3.95. The first-order chi connectivity index (χ1) is 19.9. The maximum absolute atomic E-state index is 13.3. The molecule has 0 radical (unpaired) electrons. The van der Waals surface area contributed by atoms with E-state index in [0.29, 0.717) is 35.6 Å². The smallest absolute Gasteiger partial charge is 0.369 e. The van der Waals surface area contributed by atoms with Crippen LogP contribution in [-0.4, -0.2) is 63.0 Å². The number of halogens is 3. The summed E-state index contributed by atoms with van der Waals surface area (Å²) < 4.78 is 67.6. The topological polar surface area (TPSA) is 140 Å². The van der Waals surface area contributed by atoms with Crippen molar-refractivity contribution in [2.24, 2.45) is 0 Å². The number of rotatable bonds is 4. The first kappa shape index (κ1) is 30.6. The monoisotopic (exact) mass is 602 g/mol. The maximum atomic E-state index is 13.3. The van der Waals surface area contributed by atoms with Gasteiger partial charge in [-0.3, -0.25) is 0 Å². The van der Waals surface area contributed by atoms with Gasteiger partial charge in [-0.1, -0.05) is 17.9 Å². The molecule has 11 nitrogen and oxygen atoms in total. The number of nitrogens with zero attached hydrogens (tertiary/aromatic N) is 3. The normalized spacial score (nSPS) is 14.5. The molecule has 1 aromatic heterocycles. The second-order valence-electron chi connectivity index (χ2n) is 9.55. The zero-order valence-corrected chi connectivity index (χ0v) is 23.6. The van der Waals surface area contributed by atoms with Crippen molar-refractivity contribution in [3.8, 4) is 11.8 Å². The van der Waals surface area contributed by atoms with Gasteiger partial charge in [0.15, 0.2) is 0 Å². The highest BCUT2D eigenvalue weighted by Crippen LogP contribution is 2.32. The summed E-state index contributed by atoms with van der Waals surface area (Å²) in [6.45, 7) is 0.746. The molecule has 0 spiro atoms. The van der Waals surface area contributed by atoms with Gasteiger partial charge in [-0.05, 0) is 62.5 Å². The van der Waals surface area contributed by atoms with E-state index in [9.17, 15) is 26.4 Å². The van der Waals surface area contributed by atoms with Crippen molar-refractivity contribution in [3.05, 3.63) is 65.4 Å². The fourth-order valence-corrected chi connectivity index (χ4v) is 5.07. The van der Waals surface area contributed by atoms with Gasteiger partial charge in [-0.15, -0.1) is 0 Å². The third-order valence-corrected chi connectivity index (χ3v) is 7.22. The van der Waals surface area contributed by atoms with Gasteiger partial charge in [0.1, 0.15) is 5.82 Å². The Morgan fingerprint density at radius 2 is 1.95 bits per heavy atom. The molecule has 15 heteroatoms. The number of anilines is 4. The Bertz CT molecular complexity index is 1620. The van der Waals surface area contributed by atoms with E-state index in [2.05, 4.69) is 47.8 Å². The first-order valence-corrected chi connectivity index (χ1v) is 14.2. The van der Waals surface area contributed by atoms with E-state index < -0.39 is 27.8 Å². The summed E-state index contributed by atoms with van der Waals surface area (Å²) in [5.41, 5.74) is 0.452. The maximum Gasteiger partial charge on any atom is 0.416 e. The molecular weight excluding hydrogens is 573 g/mol. The van der Waals surface area contributed by atoms with E-state index >= 15 is 0 Å². The average Bonchev–Trinajstić information content (AvgIpc) is 2.91. The number of hydrogen-bond donors (Lipinski definition) is 5. The average molecular weight is 603 g/mol. The zero-order valence-electron chi connectivity index (χ0n) is 22.8. The van der Waals surface area contributed by atoms with Crippen LogP contribution < -0.4 is 26.0 Å². The third kappa shape index (κ3) is 8.56. The summed E-state index contributed by atoms with van der Waals surface area (Å²) in [7, 11) is -0.211. The van der Waals surface area contributed by atoms with Gasteiger partial charge < -0.3 is 26.2 Å². The Morgan fingerprint density at radius 1 is 1.14 bits per heavy atom. The summed E-state index contributed by atoms with van der Waals surface area (Å²) in [5.74, 6) is 6.28. The van der Waals surface area contributed by atoms with Crippen LogP contribution in [0.5, 0.6) is 0 Å². The number of fused-ring (bicyclic) bond motifs is 4. The molecule has 4 rings (SSSR count). The highest BCUT2D eigenvalue weighted by atomic mass is 32.2. The lowest BCUT2D eigenvalue weighted by Gasteiger charge is -2.15. The molecule has 42 heavy (non-hydrogen) atoms. The third-order valence-electron chi connectivity index (χ3n) is 5.76. The summed E-state index contributed by atoms with van der Waals surface area (Å²) in [4.78, 5) is 22.9. The minimum absolute atomic E-state index is 0.00638. The fraction of sp³-hybridized carbons (Fsp3) is 0.296. The van der Waals surface area contributed by atoms with Crippen molar-refractivity contribution in [3.63, 3.8) is 0 Å². The molecule has 4 bridgehead atoms. The molecule has 0 unspecified atom stereocenters. The molecule has 1 aliphatic heterocycles. The van der Waals surface area contributed by atoms with Crippen molar-refractivity contribution < 1.29 is 26.4 Å². The highest BCUT2D eigenvalue weighted by Gasteiger charge is 2.31. The van der Waals surface area contributed by atoms with E-state index in [-0.39, 0.29) is 36.2 Å². The molecule has 2 amide bonds. The number of nitrogens with one attached hydrogen (secondary N) is 5. The van der Waals surface area contributed by atoms with Crippen molar-refractivity contribution in [1.82, 2.24) is 24.9 Å². The van der Waals surface area contributed by atoms with Gasteiger partial charge in [0.2, 0.25) is 16.0 Å². The Balaban J connectivity index is 1.44. The van der Waals surface area contributed by atoms with Crippen LogP contribution in [0.4, 0.5) is 41.1 Å². The first-order valence-electron chi connectivity index (χ1n) is 12.8. The lowest BCUT2D eigenvalue weighted by atomic mass is 10.1. The molecule has 0 saturated carbocycles. The second kappa shape index (κ2) is 13.1. The number of sulfonamides is 1. The van der Waals surface area contributed by atoms with Gasteiger partial charge in [0.25, 0.3) is 0 Å². The van der Waals surface area contributed by atoms with Crippen LogP contribution >= 0.6 is 0 Å². The molecule has 0 fully saturated rings. The van der Waals surface area contributed by atoms with Crippen LogP contribution in [0.15, 0.2) is 53.6 Å². The lowest BCUT2D eigenvalue weighted by Crippen LogP contribution is -2.29. The van der Waals surface area contributed by atoms with Crippen molar-refractivity contribution in [1.29, 1.82) is 0 Å². The number of benzene rings is 2. The lowest BCUT2D eigenvalue weighted by molar-refractivity contribution is -0.137. The summed E-state index contributed by atoms with van der Waals surface area (Å²) in [6.07, 6.45) is -2.61. The molecule has 3 aromatic rings. The second-order valence-corrected chi connectivity index (χ2v) is 11.3.